The van der Waals surface area contributed by atoms with E-state index >= 15 is 0 Å². The Morgan fingerprint density at radius 2 is 2.00 bits per heavy atom. The van der Waals surface area contributed by atoms with Crippen molar-refractivity contribution in [2.24, 2.45) is 0 Å². The molecule has 2 bridgehead atoms. The maximum Gasteiger partial charge on any atom is 0.243 e. The lowest BCUT2D eigenvalue weighted by atomic mass is 10.1. The predicted octanol–water partition coefficient (Wildman–Crippen LogP) is 2.62. The van der Waals surface area contributed by atoms with E-state index in [4.69, 9.17) is 11.6 Å². The fourth-order valence-electron chi connectivity index (χ4n) is 3.09. The molecule has 2 aliphatic rings. The first-order valence-electron chi connectivity index (χ1n) is 6.69. The molecule has 0 saturated carbocycles. The zero-order valence-electron chi connectivity index (χ0n) is 10.9. The molecule has 0 spiro atoms. The van der Waals surface area contributed by atoms with Gasteiger partial charge >= 0.3 is 0 Å². The smallest absolute Gasteiger partial charge is 0.243 e. The lowest BCUT2D eigenvalue weighted by molar-refractivity contribution is 0.334. The molecular formula is C13H16BrClN2O2S. The molecule has 2 saturated heterocycles. The maximum absolute atomic E-state index is 12.9. The maximum atomic E-state index is 12.9. The van der Waals surface area contributed by atoms with Crippen molar-refractivity contribution in [3.63, 3.8) is 0 Å². The molecule has 0 aliphatic carbocycles. The van der Waals surface area contributed by atoms with E-state index in [1.807, 2.05) is 0 Å². The van der Waals surface area contributed by atoms with Gasteiger partial charge in [-0.2, -0.15) is 4.31 Å². The summed E-state index contributed by atoms with van der Waals surface area (Å²) in [4.78, 5) is 0.313. The van der Waals surface area contributed by atoms with Crippen LogP contribution in [0.2, 0.25) is 5.02 Å². The van der Waals surface area contributed by atoms with Crippen LogP contribution >= 0.6 is 27.5 Å². The number of fused-ring (bicyclic) bond motifs is 2. The predicted molar refractivity (Wildman–Crippen MR) is 82.5 cm³/mol. The van der Waals surface area contributed by atoms with E-state index in [2.05, 4.69) is 21.2 Å². The molecule has 1 aromatic carbocycles. The molecule has 0 radical (unpaired) electrons. The van der Waals surface area contributed by atoms with Crippen molar-refractivity contribution in [2.45, 2.75) is 36.2 Å². The van der Waals surface area contributed by atoms with E-state index in [0.29, 0.717) is 14.4 Å². The molecule has 2 fully saturated rings. The van der Waals surface area contributed by atoms with Crippen molar-refractivity contribution < 1.29 is 8.42 Å². The van der Waals surface area contributed by atoms with Crippen LogP contribution in [0, 0.1) is 0 Å². The minimum Gasteiger partial charge on any atom is -0.315 e. The standard InChI is InChI=1S/C13H16BrClN2O2S/c14-12-7-11(3-4-13(12)15)20(18,19)17-9-1-2-10(17)8-16-6-5-9/h3-4,7,9-10,16H,1-2,5-6,8H2. The van der Waals surface area contributed by atoms with Crippen molar-refractivity contribution in [2.75, 3.05) is 13.1 Å². The molecule has 4 nitrogen and oxygen atoms in total. The molecule has 3 rings (SSSR count). The van der Waals surface area contributed by atoms with Crippen LogP contribution in [0.15, 0.2) is 27.6 Å². The molecule has 2 atom stereocenters. The van der Waals surface area contributed by atoms with E-state index in [9.17, 15) is 8.42 Å². The van der Waals surface area contributed by atoms with Gasteiger partial charge in [0.25, 0.3) is 0 Å². The zero-order valence-corrected chi connectivity index (χ0v) is 14.0. The van der Waals surface area contributed by atoms with Gasteiger partial charge in [0.1, 0.15) is 0 Å². The highest BCUT2D eigenvalue weighted by atomic mass is 79.9. The third-order valence-electron chi connectivity index (χ3n) is 4.05. The Labute approximate surface area is 132 Å². The normalized spacial score (nSPS) is 27.5. The highest BCUT2D eigenvalue weighted by Crippen LogP contribution is 2.35. The Morgan fingerprint density at radius 1 is 1.25 bits per heavy atom. The van der Waals surface area contributed by atoms with Crippen molar-refractivity contribution in [1.29, 1.82) is 0 Å². The number of nitrogens with one attached hydrogen (secondary N) is 1. The van der Waals surface area contributed by atoms with Gasteiger partial charge in [0.05, 0.1) is 9.92 Å². The van der Waals surface area contributed by atoms with Gasteiger partial charge in [-0.15, -0.1) is 0 Å². The minimum atomic E-state index is -3.46. The van der Waals surface area contributed by atoms with Crippen LogP contribution < -0.4 is 5.32 Å². The molecule has 2 aliphatic heterocycles. The van der Waals surface area contributed by atoms with Gasteiger partial charge in [-0.3, -0.25) is 0 Å². The Morgan fingerprint density at radius 3 is 2.75 bits per heavy atom. The Balaban J connectivity index is 2.00. The molecule has 7 heteroatoms. The van der Waals surface area contributed by atoms with E-state index in [-0.39, 0.29) is 12.1 Å². The summed E-state index contributed by atoms with van der Waals surface area (Å²) in [5.41, 5.74) is 0. The number of hydrogen-bond donors (Lipinski definition) is 1. The molecule has 1 N–H and O–H groups in total. The summed E-state index contributed by atoms with van der Waals surface area (Å²) in [6.45, 7) is 1.63. The fourth-order valence-corrected chi connectivity index (χ4v) is 5.66. The lowest BCUT2D eigenvalue weighted by Crippen LogP contribution is -2.42. The molecule has 110 valence electrons. The van der Waals surface area contributed by atoms with Crippen LogP contribution in [-0.4, -0.2) is 37.9 Å². The quantitative estimate of drug-likeness (QED) is 0.859. The van der Waals surface area contributed by atoms with Crippen LogP contribution in [0.25, 0.3) is 0 Å². The molecule has 2 heterocycles. The van der Waals surface area contributed by atoms with E-state index in [0.717, 1.165) is 32.4 Å². The summed E-state index contributed by atoms with van der Waals surface area (Å²) in [5.74, 6) is 0. The molecule has 0 aromatic heterocycles. The van der Waals surface area contributed by atoms with Crippen LogP contribution in [-0.2, 0) is 10.0 Å². The van der Waals surface area contributed by atoms with Crippen LogP contribution in [0.5, 0.6) is 0 Å². The number of nitrogens with zero attached hydrogens (tertiary/aromatic N) is 1. The minimum absolute atomic E-state index is 0.0713. The van der Waals surface area contributed by atoms with Crippen LogP contribution in [0.3, 0.4) is 0 Å². The van der Waals surface area contributed by atoms with Crippen LogP contribution in [0.1, 0.15) is 19.3 Å². The molecule has 20 heavy (non-hydrogen) atoms. The topological polar surface area (TPSA) is 49.4 Å². The average molecular weight is 380 g/mol. The summed E-state index contributed by atoms with van der Waals surface area (Å²) in [6.07, 6.45) is 2.77. The average Bonchev–Trinajstić information content (AvgIpc) is 2.66. The third kappa shape index (κ3) is 2.52. The Bertz CT molecular complexity index is 609. The summed E-state index contributed by atoms with van der Waals surface area (Å²) in [6, 6.07) is 4.99. The lowest BCUT2D eigenvalue weighted by Gasteiger charge is -2.27. The van der Waals surface area contributed by atoms with Crippen molar-refractivity contribution in [1.82, 2.24) is 9.62 Å². The van der Waals surface area contributed by atoms with Gasteiger partial charge in [-0.1, -0.05) is 11.6 Å². The summed E-state index contributed by atoms with van der Waals surface area (Å²) >= 11 is 9.24. The van der Waals surface area contributed by atoms with Crippen molar-refractivity contribution in [3.8, 4) is 0 Å². The SMILES string of the molecule is O=S(=O)(c1ccc(Cl)c(Br)c1)N1C2CCNCC1CC2. The number of halogens is 2. The number of hydrogen-bond acceptors (Lipinski definition) is 3. The zero-order chi connectivity index (χ0) is 14.3. The van der Waals surface area contributed by atoms with E-state index in [1.54, 1.807) is 22.5 Å². The summed E-state index contributed by atoms with van der Waals surface area (Å²) in [7, 11) is -3.46. The molecule has 2 unspecified atom stereocenters. The second-order valence-electron chi connectivity index (χ2n) is 5.29. The summed E-state index contributed by atoms with van der Waals surface area (Å²) < 4.78 is 28.1. The largest absolute Gasteiger partial charge is 0.315 e. The second-order valence-corrected chi connectivity index (χ2v) is 8.39. The van der Waals surface area contributed by atoms with Crippen molar-refractivity contribution in [3.05, 3.63) is 27.7 Å². The van der Waals surface area contributed by atoms with E-state index in [1.165, 1.54) is 0 Å². The number of sulfonamides is 1. The molecule has 1 aromatic rings. The van der Waals surface area contributed by atoms with Gasteiger partial charge < -0.3 is 5.32 Å². The fraction of sp³-hybridized carbons (Fsp3) is 0.538. The number of benzene rings is 1. The Kier molecular flexibility index (Phi) is 4.12. The third-order valence-corrected chi connectivity index (χ3v) is 7.27. The van der Waals surface area contributed by atoms with Crippen molar-refractivity contribution >= 4 is 37.6 Å². The Hall–Kier alpha value is -0.140. The van der Waals surface area contributed by atoms with E-state index < -0.39 is 10.0 Å². The first-order valence-corrected chi connectivity index (χ1v) is 9.30. The summed E-state index contributed by atoms with van der Waals surface area (Å²) in [5, 5.41) is 3.83. The monoisotopic (exact) mass is 378 g/mol. The highest BCUT2D eigenvalue weighted by Gasteiger charge is 2.43. The van der Waals surface area contributed by atoms with Gasteiger partial charge in [0.15, 0.2) is 0 Å². The molecular weight excluding hydrogens is 364 g/mol. The first kappa shape index (κ1) is 14.8. The second kappa shape index (κ2) is 5.57. The van der Waals surface area contributed by atoms with Gasteiger partial charge in [0, 0.05) is 23.1 Å². The first-order chi connectivity index (χ1) is 9.50. The number of rotatable bonds is 2. The van der Waals surface area contributed by atoms with Crippen LogP contribution in [0.4, 0.5) is 0 Å². The highest BCUT2D eigenvalue weighted by molar-refractivity contribution is 9.10. The van der Waals surface area contributed by atoms with Gasteiger partial charge in [-0.05, 0) is 59.9 Å². The molecule has 0 amide bonds. The van der Waals surface area contributed by atoms with Gasteiger partial charge in [-0.25, -0.2) is 8.42 Å². The van der Waals surface area contributed by atoms with Gasteiger partial charge in [0.2, 0.25) is 10.0 Å².